The normalized spacial score (nSPS) is 11.5. The standard InChI is InChI=1S/C16H23NO5/c1-3-5-6-14(16(19)20)17-15(18)11-22-13-9-7-12(8-10-13)21-4-2/h7-10,14H,3-6,11H2,1-2H3,(H,17,18)(H,19,20)/t14-/m0/s1. The highest BCUT2D eigenvalue weighted by molar-refractivity contribution is 5.84. The van der Waals surface area contributed by atoms with Gasteiger partial charge in [0, 0.05) is 0 Å². The Balaban J connectivity index is 2.42. The Morgan fingerprint density at radius 2 is 1.73 bits per heavy atom. The Morgan fingerprint density at radius 3 is 2.23 bits per heavy atom. The van der Waals surface area contributed by atoms with Crippen LogP contribution < -0.4 is 14.8 Å². The SMILES string of the molecule is CCCC[C@H](NC(=O)COc1ccc(OCC)cc1)C(=O)O. The van der Waals surface area contributed by atoms with Gasteiger partial charge < -0.3 is 19.9 Å². The van der Waals surface area contributed by atoms with Crippen LogP contribution in [0, 0.1) is 0 Å². The number of carbonyl (C=O) groups excluding carboxylic acids is 1. The molecule has 0 aliphatic heterocycles. The Bertz CT molecular complexity index is 472. The molecule has 1 aromatic carbocycles. The summed E-state index contributed by atoms with van der Waals surface area (Å²) >= 11 is 0. The van der Waals surface area contributed by atoms with Gasteiger partial charge in [0.1, 0.15) is 17.5 Å². The molecule has 0 fully saturated rings. The molecular weight excluding hydrogens is 286 g/mol. The third-order valence-electron chi connectivity index (χ3n) is 2.98. The molecule has 0 unspecified atom stereocenters. The Kier molecular flexibility index (Phi) is 7.81. The van der Waals surface area contributed by atoms with Gasteiger partial charge in [-0.2, -0.15) is 0 Å². The van der Waals surface area contributed by atoms with E-state index in [1.165, 1.54) is 0 Å². The molecule has 2 N–H and O–H groups in total. The van der Waals surface area contributed by atoms with Crippen molar-refractivity contribution in [3.8, 4) is 11.5 Å². The Hall–Kier alpha value is -2.24. The monoisotopic (exact) mass is 309 g/mol. The van der Waals surface area contributed by atoms with Gasteiger partial charge in [0.2, 0.25) is 0 Å². The molecular formula is C16H23NO5. The number of carboxylic acid groups (broad SMARTS) is 1. The average molecular weight is 309 g/mol. The Morgan fingerprint density at radius 1 is 1.14 bits per heavy atom. The van der Waals surface area contributed by atoms with Crippen LogP contribution in [0.15, 0.2) is 24.3 Å². The highest BCUT2D eigenvalue weighted by Crippen LogP contribution is 2.17. The molecule has 0 saturated heterocycles. The van der Waals surface area contributed by atoms with Gasteiger partial charge in [0.25, 0.3) is 5.91 Å². The largest absolute Gasteiger partial charge is 0.494 e. The predicted octanol–water partition coefficient (Wildman–Crippen LogP) is 2.22. The van der Waals surface area contributed by atoms with E-state index in [1.807, 2.05) is 13.8 Å². The number of benzene rings is 1. The van der Waals surface area contributed by atoms with Crippen LogP contribution in [0.1, 0.15) is 33.1 Å². The number of carboxylic acids is 1. The van der Waals surface area contributed by atoms with Crippen LogP contribution in [-0.4, -0.2) is 36.2 Å². The van der Waals surface area contributed by atoms with Crippen molar-refractivity contribution in [2.45, 2.75) is 39.2 Å². The van der Waals surface area contributed by atoms with E-state index in [4.69, 9.17) is 14.6 Å². The molecule has 122 valence electrons. The summed E-state index contributed by atoms with van der Waals surface area (Å²) in [5.41, 5.74) is 0. The summed E-state index contributed by atoms with van der Waals surface area (Å²) < 4.78 is 10.6. The van der Waals surface area contributed by atoms with E-state index in [0.29, 0.717) is 18.8 Å². The van der Waals surface area contributed by atoms with Crippen LogP contribution in [0.5, 0.6) is 11.5 Å². The van der Waals surface area contributed by atoms with Crippen molar-refractivity contribution in [1.29, 1.82) is 0 Å². The highest BCUT2D eigenvalue weighted by atomic mass is 16.5. The lowest BCUT2D eigenvalue weighted by molar-refractivity contribution is -0.142. The first-order valence-corrected chi connectivity index (χ1v) is 7.44. The molecule has 1 aromatic rings. The molecule has 1 rings (SSSR count). The molecule has 0 aromatic heterocycles. The van der Waals surface area contributed by atoms with Crippen LogP contribution in [0.4, 0.5) is 0 Å². The summed E-state index contributed by atoms with van der Waals surface area (Å²) in [5.74, 6) is -0.218. The number of amides is 1. The number of aliphatic carboxylic acids is 1. The molecule has 0 bridgehead atoms. The molecule has 1 amide bonds. The molecule has 0 heterocycles. The van der Waals surface area contributed by atoms with Crippen molar-refractivity contribution >= 4 is 11.9 Å². The van der Waals surface area contributed by atoms with E-state index in [2.05, 4.69) is 5.32 Å². The minimum Gasteiger partial charge on any atom is -0.494 e. The lowest BCUT2D eigenvalue weighted by Crippen LogP contribution is -2.42. The maximum Gasteiger partial charge on any atom is 0.326 e. The maximum atomic E-state index is 11.7. The molecule has 0 radical (unpaired) electrons. The van der Waals surface area contributed by atoms with Crippen molar-refractivity contribution in [2.75, 3.05) is 13.2 Å². The Labute approximate surface area is 130 Å². The number of unbranched alkanes of at least 4 members (excludes halogenated alkanes) is 1. The number of ether oxygens (including phenoxy) is 2. The van der Waals surface area contributed by atoms with Gasteiger partial charge in [-0.1, -0.05) is 19.8 Å². The number of hydrogen-bond acceptors (Lipinski definition) is 4. The minimum absolute atomic E-state index is 0.218. The van der Waals surface area contributed by atoms with Gasteiger partial charge in [-0.05, 0) is 37.6 Å². The zero-order valence-corrected chi connectivity index (χ0v) is 13.0. The lowest BCUT2D eigenvalue weighted by atomic mass is 10.1. The number of hydrogen-bond donors (Lipinski definition) is 2. The van der Waals surface area contributed by atoms with Crippen molar-refractivity contribution < 1.29 is 24.2 Å². The molecule has 22 heavy (non-hydrogen) atoms. The van der Waals surface area contributed by atoms with Crippen LogP contribution in [0.2, 0.25) is 0 Å². The van der Waals surface area contributed by atoms with E-state index in [-0.39, 0.29) is 6.61 Å². The van der Waals surface area contributed by atoms with E-state index in [1.54, 1.807) is 24.3 Å². The first-order chi connectivity index (χ1) is 10.6. The summed E-state index contributed by atoms with van der Waals surface area (Å²) in [5, 5.41) is 11.5. The zero-order chi connectivity index (χ0) is 16.4. The topological polar surface area (TPSA) is 84.9 Å². The van der Waals surface area contributed by atoms with Crippen molar-refractivity contribution in [3.63, 3.8) is 0 Å². The van der Waals surface area contributed by atoms with Crippen LogP contribution in [0.25, 0.3) is 0 Å². The van der Waals surface area contributed by atoms with Crippen molar-refractivity contribution in [3.05, 3.63) is 24.3 Å². The number of rotatable bonds is 10. The molecule has 6 heteroatoms. The molecule has 6 nitrogen and oxygen atoms in total. The fraction of sp³-hybridized carbons (Fsp3) is 0.500. The fourth-order valence-corrected chi connectivity index (χ4v) is 1.85. The molecule has 0 saturated carbocycles. The fourth-order valence-electron chi connectivity index (χ4n) is 1.85. The average Bonchev–Trinajstić information content (AvgIpc) is 2.50. The smallest absolute Gasteiger partial charge is 0.326 e. The second-order valence-electron chi connectivity index (χ2n) is 4.79. The summed E-state index contributed by atoms with van der Waals surface area (Å²) in [7, 11) is 0. The van der Waals surface area contributed by atoms with Gasteiger partial charge in [0.15, 0.2) is 6.61 Å². The molecule has 0 spiro atoms. The van der Waals surface area contributed by atoms with Gasteiger partial charge in [-0.25, -0.2) is 4.79 Å². The summed E-state index contributed by atoms with van der Waals surface area (Å²) in [6.45, 7) is 4.22. The molecule has 0 aliphatic rings. The van der Waals surface area contributed by atoms with Crippen molar-refractivity contribution in [2.24, 2.45) is 0 Å². The minimum atomic E-state index is -1.03. The van der Waals surface area contributed by atoms with Crippen LogP contribution in [-0.2, 0) is 9.59 Å². The van der Waals surface area contributed by atoms with Crippen LogP contribution >= 0.6 is 0 Å². The quantitative estimate of drug-likeness (QED) is 0.692. The second kappa shape index (κ2) is 9.65. The summed E-state index contributed by atoms with van der Waals surface area (Å²) in [6, 6.07) is 6.03. The number of nitrogens with one attached hydrogen (secondary N) is 1. The van der Waals surface area contributed by atoms with E-state index in [9.17, 15) is 9.59 Å². The van der Waals surface area contributed by atoms with E-state index in [0.717, 1.165) is 18.6 Å². The van der Waals surface area contributed by atoms with E-state index < -0.39 is 17.9 Å². The second-order valence-corrected chi connectivity index (χ2v) is 4.79. The first kappa shape index (κ1) is 17.8. The van der Waals surface area contributed by atoms with Crippen molar-refractivity contribution in [1.82, 2.24) is 5.32 Å². The van der Waals surface area contributed by atoms with E-state index >= 15 is 0 Å². The zero-order valence-electron chi connectivity index (χ0n) is 13.0. The maximum absolute atomic E-state index is 11.7. The van der Waals surface area contributed by atoms with Gasteiger partial charge >= 0.3 is 5.97 Å². The van der Waals surface area contributed by atoms with Gasteiger partial charge in [-0.3, -0.25) is 4.79 Å². The van der Waals surface area contributed by atoms with Gasteiger partial charge in [-0.15, -0.1) is 0 Å². The summed E-state index contributed by atoms with van der Waals surface area (Å²) in [6.07, 6.45) is 2.04. The predicted molar refractivity (Wildman–Crippen MR) is 82.2 cm³/mol. The highest BCUT2D eigenvalue weighted by Gasteiger charge is 2.19. The molecule has 1 atom stereocenters. The third kappa shape index (κ3) is 6.47. The molecule has 0 aliphatic carbocycles. The number of carbonyl (C=O) groups is 2. The van der Waals surface area contributed by atoms with Crippen LogP contribution in [0.3, 0.4) is 0 Å². The summed E-state index contributed by atoms with van der Waals surface area (Å²) in [4.78, 5) is 22.8. The first-order valence-electron chi connectivity index (χ1n) is 7.44. The van der Waals surface area contributed by atoms with Gasteiger partial charge in [0.05, 0.1) is 6.61 Å². The third-order valence-corrected chi connectivity index (χ3v) is 2.98. The lowest BCUT2D eigenvalue weighted by Gasteiger charge is -2.14.